The van der Waals surface area contributed by atoms with E-state index in [2.05, 4.69) is 4.99 Å². The molecule has 0 radical (unpaired) electrons. The van der Waals surface area contributed by atoms with E-state index in [9.17, 15) is 9.59 Å². The lowest BCUT2D eigenvalue weighted by Gasteiger charge is -2.20. The van der Waals surface area contributed by atoms with Crippen molar-refractivity contribution in [3.8, 4) is 0 Å². The number of thiophene rings is 1. The molecule has 4 nitrogen and oxygen atoms in total. The molecular formula is C23H18Cl2N2O2S. The fourth-order valence-corrected chi connectivity index (χ4v) is 4.98. The van der Waals surface area contributed by atoms with Gasteiger partial charge in [0.2, 0.25) is 5.91 Å². The first-order valence-electron chi connectivity index (χ1n) is 9.35. The van der Waals surface area contributed by atoms with Gasteiger partial charge in [0.05, 0.1) is 12.3 Å². The average molecular weight is 457 g/mol. The van der Waals surface area contributed by atoms with Crippen LogP contribution in [-0.2, 0) is 4.79 Å². The van der Waals surface area contributed by atoms with E-state index >= 15 is 0 Å². The number of benzene rings is 2. The van der Waals surface area contributed by atoms with Crippen LogP contribution in [0.5, 0.6) is 0 Å². The maximum absolute atomic E-state index is 13.0. The van der Waals surface area contributed by atoms with Gasteiger partial charge in [-0.15, -0.1) is 11.3 Å². The average Bonchev–Trinajstić information content (AvgIpc) is 2.92. The van der Waals surface area contributed by atoms with Gasteiger partial charge in [-0.1, -0.05) is 47.5 Å². The molecule has 3 aromatic rings. The number of anilines is 1. The lowest BCUT2D eigenvalue weighted by molar-refractivity contribution is -0.117. The Morgan fingerprint density at radius 1 is 1.10 bits per heavy atom. The van der Waals surface area contributed by atoms with Crippen molar-refractivity contribution in [1.82, 2.24) is 0 Å². The normalized spacial score (nSPS) is 13.7. The number of hydrogen-bond donors (Lipinski definition) is 0. The molecule has 1 aliphatic heterocycles. The SMILES string of the molecule is Cc1sc2c(c1C)C(c1cccc(Cl)c1)=NCC(=O)N2CC(=O)c1cccc(Cl)c1. The second kappa shape index (κ2) is 8.34. The second-order valence-corrected chi connectivity index (χ2v) is 9.13. The minimum Gasteiger partial charge on any atom is -0.294 e. The smallest absolute Gasteiger partial charge is 0.249 e. The van der Waals surface area contributed by atoms with Gasteiger partial charge in [0.25, 0.3) is 0 Å². The largest absolute Gasteiger partial charge is 0.294 e. The second-order valence-electron chi connectivity index (χ2n) is 7.05. The Labute approximate surface area is 188 Å². The van der Waals surface area contributed by atoms with Crippen LogP contribution >= 0.6 is 34.5 Å². The Kier molecular flexibility index (Phi) is 5.78. The predicted molar refractivity (Wildman–Crippen MR) is 124 cm³/mol. The zero-order valence-electron chi connectivity index (χ0n) is 16.4. The summed E-state index contributed by atoms with van der Waals surface area (Å²) in [5.74, 6) is -0.392. The van der Waals surface area contributed by atoms with Crippen LogP contribution in [0.3, 0.4) is 0 Å². The van der Waals surface area contributed by atoms with Gasteiger partial charge >= 0.3 is 0 Å². The number of rotatable bonds is 4. The molecule has 0 N–H and O–H groups in total. The number of halogens is 2. The molecule has 0 saturated carbocycles. The maximum atomic E-state index is 13.0. The van der Waals surface area contributed by atoms with Gasteiger partial charge < -0.3 is 0 Å². The summed E-state index contributed by atoms with van der Waals surface area (Å²) >= 11 is 13.7. The van der Waals surface area contributed by atoms with Crippen molar-refractivity contribution >= 4 is 56.9 Å². The first-order chi connectivity index (χ1) is 14.3. The number of carbonyl (C=O) groups is 2. The number of carbonyl (C=O) groups excluding carboxylic acids is 2. The molecular weight excluding hydrogens is 439 g/mol. The monoisotopic (exact) mass is 456 g/mol. The van der Waals surface area contributed by atoms with Crippen LogP contribution in [0.2, 0.25) is 10.0 Å². The summed E-state index contributed by atoms with van der Waals surface area (Å²) in [7, 11) is 0. The highest BCUT2D eigenvalue weighted by atomic mass is 35.5. The Morgan fingerprint density at radius 3 is 2.50 bits per heavy atom. The Bertz CT molecular complexity index is 1200. The van der Waals surface area contributed by atoms with Crippen molar-refractivity contribution in [2.24, 2.45) is 4.99 Å². The number of fused-ring (bicyclic) bond motifs is 1. The summed E-state index contributed by atoms with van der Waals surface area (Å²) < 4.78 is 0. The number of Topliss-reactive ketones (excluding diaryl/α,β-unsaturated/α-hetero) is 1. The van der Waals surface area contributed by atoms with E-state index in [0.717, 1.165) is 32.3 Å². The molecule has 0 atom stereocenters. The minimum atomic E-state index is -0.218. The number of amides is 1. The summed E-state index contributed by atoms with van der Waals surface area (Å²) in [4.78, 5) is 33.2. The summed E-state index contributed by atoms with van der Waals surface area (Å²) in [6.07, 6.45) is 0. The zero-order valence-corrected chi connectivity index (χ0v) is 18.7. The van der Waals surface area contributed by atoms with Crippen LogP contribution in [0.4, 0.5) is 5.00 Å². The maximum Gasteiger partial charge on any atom is 0.249 e. The molecule has 2 aromatic carbocycles. The van der Waals surface area contributed by atoms with E-state index in [1.165, 1.54) is 11.3 Å². The molecule has 2 heterocycles. The van der Waals surface area contributed by atoms with Crippen molar-refractivity contribution in [2.45, 2.75) is 13.8 Å². The molecule has 1 amide bonds. The van der Waals surface area contributed by atoms with E-state index in [-0.39, 0.29) is 24.8 Å². The van der Waals surface area contributed by atoms with Crippen LogP contribution < -0.4 is 4.90 Å². The molecule has 30 heavy (non-hydrogen) atoms. The number of nitrogens with zero attached hydrogens (tertiary/aromatic N) is 2. The van der Waals surface area contributed by atoms with Crippen molar-refractivity contribution < 1.29 is 9.59 Å². The highest BCUT2D eigenvalue weighted by Crippen LogP contribution is 2.39. The van der Waals surface area contributed by atoms with Crippen LogP contribution in [0, 0.1) is 13.8 Å². The molecule has 7 heteroatoms. The third kappa shape index (κ3) is 3.93. The first-order valence-corrected chi connectivity index (χ1v) is 10.9. The van der Waals surface area contributed by atoms with Crippen LogP contribution in [-0.4, -0.2) is 30.5 Å². The van der Waals surface area contributed by atoms with Gasteiger partial charge in [0, 0.05) is 31.6 Å². The van der Waals surface area contributed by atoms with Gasteiger partial charge in [-0.25, -0.2) is 0 Å². The summed E-state index contributed by atoms with van der Waals surface area (Å²) in [5.41, 5.74) is 3.97. The quantitative estimate of drug-likeness (QED) is 0.470. The van der Waals surface area contributed by atoms with Gasteiger partial charge in [-0.3, -0.25) is 19.5 Å². The Hall–Kier alpha value is -2.47. The fourth-order valence-electron chi connectivity index (χ4n) is 3.43. The number of ketones is 1. The van der Waals surface area contributed by atoms with E-state index in [1.54, 1.807) is 35.2 Å². The molecule has 0 saturated heterocycles. The number of aryl methyl sites for hydroxylation is 1. The standard InChI is InChI=1S/C23H18Cl2N2O2S/c1-13-14(2)30-23-21(13)22(16-6-4-8-18(25)10-16)26-11-20(29)27(23)12-19(28)15-5-3-7-17(24)9-15/h3-10H,11-12H2,1-2H3. The van der Waals surface area contributed by atoms with E-state index < -0.39 is 0 Å². The van der Waals surface area contributed by atoms with E-state index in [4.69, 9.17) is 23.2 Å². The molecule has 0 fully saturated rings. The molecule has 0 unspecified atom stereocenters. The van der Waals surface area contributed by atoms with E-state index in [1.807, 2.05) is 32.0 Å². The topological polar surface area (TPSA) is 49.7 Å². The minimum absolute atomic E-state index is 0.0371. The van der Waals surface area contributed by atoms with Gasteiger partial charge in [-0.2, -0.15) is 0 Å². The van der Waals surface area contributed by atoms with Gasteiger partial charge in [0.15, 0.2) is 5.78 Å². The van der Waals surface area contributed by atoms with Crippen LogP contribution in [0.15, 0.2) is 53.5 Å². The van der Waals surface area contributed by atoms with Gasteiger partial charge in [0.1, 0.15) is 11.5 Å². The van der Waals surface area contributed by atoms with Crippen molar-refractivity contribution in [2.75, 3.05) is 18.0 Å². The van der Waals surface area contributed by atoms with Crippen molar-refractivity contribution in [3.63, 3.8) is 0 Å². The van der Waals surface area contributed by atoms with Crippen molar-refractivity contribution in [3.05, 3.63) is 85.7 Å². The molecule has 1 aliphatic rings. The molecule has 152 valence electrons. The van der Waals surface area contributed by atoms with Crippen molar-refractivity contribution in [1.29, 1.82) is 0 Å². The lowest BCUT2D eigenvalue weighted by atomic mass is 10.00. The number of hydrogen-bond acceptors (Lipinski definition) is 4. The zero-order chi connectivity index (χ0) is 21.4. The third-order valence-electron chi connectivity index (χ3n) is 5.07. The number of aliphatic imine (C=N–C) groups is 1. The summed E-state index contributed by atoms with van der Waals surface area (Å²) in [5, 5.41) is 1.82. The Balaban J connectivity index is 1.78. The van der Waals surface area contributed by atoms with Gasteiger partial charge in [-0.05, 0) is 43.7 Å². The highest BCUT2D eigenvalue weighted by molar-refractivity contribution is 7.17. The molecule has 0 spiro atoms. The lowest BCUT2D eigenvalue weighted by Crippen LogP contribution is -2.36. The summed E-state index contributed by atoms with van der Waals surface area (Å²) in [6, 6.07) is 14.2. The Morgan fingerprint density at radius 2 is 1.80 bits per heavy atom. The molecule has 1 aromatic heterocycles. The molecule has 4 rings (SSSR count). The molecule has 0 aliphatic carbocycles. The van der Waals surface area contributed by atoms with E-state index in [0.29, 0.717) is 15.6 Å². The highest BCUT2D eigenvalue weighted by Gasteiger charge is 2.31. The predicted octanol–water partition coefficient (Wildman–Crippen LogP) is 5.74. The first kappa shape index (κ1) is 20.8. The third-order valence-corrected chi connectivity index (χ3v) is 6.77. The van der Waals surface area contributed by atoms with Crippen LogP contribution in [0.25, 0.3) is 0 Å². The molecule has 0 bridgehead atoms. The fraction of sp³-hybridized carbons (Fsp3) is 0.174. The van der Waals surface area contributed by atoms with Crippen LogP contribution in [0.1, 0.15) is 31.9 Å². The summed E-state index contributed by atoms with van der Waals surface area (Å²) in [6.45, 7) is 3.91.